The predicted octanol–water partition coefficient (Wildman–Crippen LogP) is 3.41. The van der Waals surface area contributed by atoms with Gasteiger partial charge in [0.15, 0.2) is 0 Å². The number of carbonyl (C=O) groups excluding carboxylic acids is 1. The fourth-order valence-corrected chi connectivity index (χ4v) is 4.88. The van der Waals surface area contributed by atoms with Crippen molar-refractivity contribution in [1.29, 1.82) is 0 Å². The van der Waals surface area contributed by atoms with E-state index in [2.05, 4.69) is 19.2 Å². The third kappa shape index (κ3) is 10.5. The molecule has 2 aromatic carbocycles. The van der Waals surface area contributed by atoms with E-state index in [0.29, 0.717) is 29.5 Å². The van der Waals surface area contributed by atoms with Crippen molar-refractivity contribution in [3.8, 4) is 5.75 Å². The minimum Gasteiger partial charge on any atom is -0.497 e. The van der Waals surface area contributed by atoms with E-state index in [1.165, 1.54) is 0 Å². The average Bonchev–Trinajstić information content (AvgIpc) is 2.86. The van der Waals surface area contributed by atoms with E-state index in [9.17, 15) is 18.9 Å². The number of carbonyl (C=O) groups is 2. The number of hydrogen-bond donors (Lipinski definition) is 3. The molecule has 0 aliphatic heterocycles. The first-order valence-corrected chi connectivity index (χ1v) is 13.3. The molecule has 3 N–H and O–H groups in total. The molecule has 1 unspecified atom stereocenters. The molecule has 198 valence electrons. The second-order valence-corrected chi connectivity index (χ2v) is 10.7. The zero-order valence-electron chi connectivity index (χ0n) is 21.3. The molecule has 0 radical (unpaired) electrons. The first-order valence-electron chi connectivity index (χ1n) is 12.2. The highest BCUT2D eigenvalue weighted by molar-refractivity contribution is 7.82. The Bertz CT molecular complexity index is 968. The second kappa shape index (κ2) is 15.4. The number of methoxy groups -OCH3 is 1. The Morgan fingerprint density at radius 1 is 1.06 bits per heavy atom. The minimum absolute atomic E-state index is 0.0547. The SMILES string of the molecule is COc1ccc(S(=O)N(CCC(C)C)C[C@@H](O)[C@H](Cc2ccccc2)NC(=O)CCCC(=O)O)cc1. The van der Waals surface area contributed by atoms with Crippen LogP contribution in [0.4, 0.5) is 0 Å². The van der Waals surface area contributed by atoms with E-state index in [0.717, 1.165) is 12.0 Å². The van der Waals surface area contributed by atoms with Gasteiger partial charge in [0.25, 0.3) is 0 Å². The van der Waals surface area contributed by atoms with Crippen LogP contribution in [-0.2, 0) is 27.0 Å². The summed E-state index contributed by atoms with van der Waals surface area (Å²) in [4.78, 5) is 23.9. The normalized spacial score (nSPS) is 13.8. The molecule has 0 saturated heterocycles. The maximum atomic E-state index is 13.4. The summed E-state index contributed by atoms with van der Waals surface area (Å²) < 4.78 is 20.4. The summed E-state index contributed by atoms with van der Waals surface area (Å²) in [6.45, 7) is 4.77. The summed E-state index contributed by atoms with van der Waals surface area (Å²) >= 11 is 0. The third-order valence-electron chi connectivity index (χ3n) is 5.75. The van der Waals surface area contributed by atoms with Crippen LogP contribution in [0.3, 0.4) is 0 Å². The van der Waals surface area contributed by atoms with E-state index in [-0.39, 0.29) is 31.7 Å². The van der Waals surface area contributed by atoms with Gasteiger partial charge in [-0.2, -0.15) is 0 Å². The number of nitrogens with one attached hydrogen (secondary N) is 1. The molecule has 8 nitrogen and oxygen atoms in total. The van der Waals surface area contributed by atoms with Crippen LogP contribution < -0.4 is 10.1 Å². The van der Waals surface area contributed by atoms with E-state index >= 15 is 0 Å². The molecule has 0 aromatic heterocycles. The largest absolute Gasteiger partial charge is 0.497 e. The highest BCUT2D eigenvalue weighted by Crippen LogP contribution is 2.19. The van der Waals surface area contributed by atoms with Crippen LogP contribution in [0.1, 0.15) is 45.1 Å². The molecular formula is C27H38N2O6S. The highest BCUT2D eigenvalue weighted by atomic mass is 32.2. The van der Waals surface area contributed by atoms with Crippen molar-refractivity contribution in [2.24, 2.45) is 5.92 Å². The molecule has 9 heteroatoms. The Morgan fingerprint density at radius 3 is 2.31 bits per heavy atom. The number of hydrogen-bond acceptors (Lipinski definition) is 5. The van der Waals surface area contributed by atoms with Crippen molar-refractivity contribution >= 4 is 22.9 Å². The van der Waals surface area contributed by atoms with E-state index in [4.69, 9.17) is 9.84 Å². The summed E-state index contributed by atoms with van der Waals surface area (Å²) in [5.41, 5.74) is 0.942. The van der Waals surface area contributed by atoms with Gasteiger partial charge in [-0.25, -0.2) is 8.51 Å². The van der Waals surface area contributed by atoms with Crippen LogP contribution in [0.25, 0.3) is 0 Å². The number of rotatable bonds is 16. The lowest BCUT2D eigenvalue weighted by Gasteiger charge is -2.30. The van der Waals surface area contributed by atoms with Crippen molar-refractivity contribution in [3.63, 3.8) is 0 Å². The van der Waals surface area contributed by atoms with Gasteiger partial charge in [0.2, 0.25) is 5.91 Å². The fraction of sp³-hybridized carbons (Fsp3) is 0.481. The molecule has 0 fully saturated rings. The molecule has 0 heterocycles. The lowest BCUT2D eigenvalue weighted by molar-refractivity contribution is -0.137. The zero-order valence-corrected chi connectivity index (χ0v) is 22.1. The molecule has 0 saturated carbocycles. The van der Waals surface area contributed by atoms with Crippen LogP contribution >= 0.6 is 0 Å². The van der Waals surface area contributed by atoms with Crippen LogP contribution in [0.15, 0.2) is 59.5 Å². The summed E-state index contributed by atoms with van der Waals surface area (Å²) in [5.74, 6) is -0.226. The first-order chi connectivity index (χ1) is 17.2. The lowest BCUT2D eigenvalue weighted by atomic mass is 10.0. The van der Waals surface area contributed by atoms with Crippen LogP contribution in [0.5, 0.6) is 5.75 Å². The Morgan fingerprint density at radius 2 is 1.72 bits per heavy atom. The smallest absolute Gasteiger partial charge is 0.303 e. The molecule has 3 atom stereocenters. The van der Waals surface area contributed by atoms with Crippen molar-refractivity contribution in [2.45, 2.75) is 63.0 Å². The molecule has 2 rings (SSSR count). The van der Waals surface area contributed by atoms with Crippen LogP contribution in [0.2, 0.25) is 0 Å². The molecule has 0 aliphatic carbocycles. The molecule has 0 aliphatic rings. The Kier molecular flexibility index (Phi) is 12.6. The highest BCUT2D eigenvalue weighted by Gasteiger charge is 2.27. The standard InChI is InChI=1S/C27H38N2O6S/c1-20(2)16-17-29(36(34)23-14-12-22(35-3)13-15-23)19-25(30)24(18-21-8-5-4-6-9-21)28-26(31)10-7-11-27(32)33/h4-6,8-9,12-15,20,24-25,30H,7,10-11,16-19H2,1-3H3,(H,28,31)(H,32,33)/t24-,25+,36?/m0/s1. The van der Waals surface area contributed by atoms with Gasteiger partial charge in [-0.3, -0.25) is 9.59 Å². The summed E-state index contributed by atoms with van der Waals surface area (Å²) in [6, 6.07) is 15.9. The van der Waals surface area contributed by atoms with Gasteiger partial charge in [0.1, 0.15) is 16.7 Å². The van der Waals surface area contributed by atoms with Gasteiger partial charge in [-0.15, -0.1) is 0 Å². The molecule has 0 spiro atoms. The van der Waals surface area contributed by atoms with E-state index in [1.54, 1.807) is 35.7 Å². The van der Waals surface area contributed by atoms with Gasteiger partial charge in [0.05, 0.1) is 24.2 Å². The Hall–Kier alpha value is -2.75. The molecule has 1 amide bonds. The first kappa shape index (κ1) is 29.5. The van der Waals surface area contributed by atoms with Crippen molar-refractivity contribution in [1.82, 2.24) is 9.62 Å². The summed E-state index contributed by atoms with van der Waals surface area (Å²) in [6.07, 6.45) is 0.363. The quantitative estimate of drug-likeness (QED) is 0.314. The van der Waals surface area contributed by atoms with Crippen molar-refractivity contribution < 1.29 is 28.7 Å². The minimum atomic E-state index is -1.51. The average molecular weight is 519 g/mol. The number of aliphatic hydroxyl groups excluding tert-OH is 1. The molecule has 36 heavy (non-hydrogen) atoms. The number of carboxylic acids is 1. The molecular weight excluding hydrogens is 480 g/mol. The van der Waals surface area contributed by atoms with Gasteiger partial charge >= 0.3 is 5.97 Å². The lowest BCUT2D eigenvalue weighted by Crippen LogP contribution is -2.50. The number of nitrogens with zero attached hydrogens (tertiary/aromatic N) is 1. The number of ether oxygens (including phenoxy) is 1. The van der Waals surface area contributed by atoms with Gasteiger partial charge < -0.3 is 20.3 Å². The predicted molar refractivity (Wildman–Crippen MR) is 140 cm³/mol. The number of benzene rings is 2. The van der Waals surface area contributed by atoms with Gasteiger partial charge in [-0.05, 0) is 55.0 Å². The molecule has 2 aromatic rings. The Labute approximate surface area is 216 Å². The maximum Gasteiger partial charge on any atom is 0.303 e. The van der Waals surface area contributed by atoms with Crippen LogP contribution in [-0.4, -0.2) is 62.9 Å². The van der Waals surface area contributed by atoms with Crippen molar-refractivity contribution in [3.05, 3.63) is 60.2 Å². The summed E-state index contributed by atoms with van der Waals surface area (Å²) in [7, 11) is 0.0551. The number of aliphatic carboxylic acids is 1. The van der Waals surface area contributed by atoms with E-state index < -0.39 is 29.1 Å². The number of aliphatic hydroxyl groups is 1. The Balaban J connectivity index is 2.18. The van der Waals surface area contributed by atoms with Crippen LogP contribution in [0, 0.1) is 5.92 Å². The zero-order chi connectivity index (χ0) is 26.5. The van der Waals surface area contributed by atoms with Gasteiger partial charge in [0, 0.05) is 25.9 Å². The number of carboxylic acid groups (broad SMARTS) is 1. The maximum absolute atomic E-state index is 13.4. The fourth-order valence-electron chi connectivity index (χ4n) is 3.65. The second-order valence-electron chi connectivity index (χ2n) is 9.17. The third-order valence-corrected chi connectivity index (χ3v) is 7.22. The number of amides is 1. The monoisotopic (exact) mass is 518 g/mol. The van der Waals surface area contributed by atoms with Crippen molar-refractivity contribution in [2.75, 3.05) is 20.2 Å². The molecule has 0 bridgehead atoms. The topological polar surface area (TPSA) is 116 Å². The summed E-state index contributed by atoms with van der Waals surface area (Å²) in [5, 5.41) is 23.0. The van der Waals surface area contributed by atoms with Gasteiger partial charge in [-0.1, -0.05) is 44.2 Å². The van der Waals surface area contributed by atoms with E-state index in [1.807, 2.05) is 30.3 Å².